The van der Waals surface area contributed by atoms with E-state index in [2.05, 4.69) is 21.2 Å². The van der Waals surface area contributed by atoms with Crippen molar-refractivity contribution < 1.29 is 4.79 Å². The van der Waals surface area contributed by atoms with E-state index in [4.69, 9.17) is 5.73 Å². The van der Waals surface area contributed by atoms with E-state index in [1.165, 1.54) is 11.3 Å². The molecule has 0 saturated heterocycles. The van der Waals surface area contributed by atoms with Gasteiger partial charge in [0.1, 0.15) is 0 Å². The number of amides is 1. The first-order valence-corrected chi connectivity index (χ1v) is 6.94. The van der Waals surface area contributed by atoms with Crippen LogP contribution in [0.3, 0.4) is 0 Å². The molecule has 0 unspecified atom stereocenters. The lowest BCUT2D eigenvalue weighted by atomic mass is 9.94. The second kappa shape index (κ2) is 5.80. The molecule has 1 amide bonds. The normalized spacial score (nSPS) is 11.5. The third kappa shape index (κ3) is 3.57. The molecular formula is C11H17BrN2OS. The second-order valence-corrected chi connectivity index (χ2v) is 6.32. The van der Waals surface area contributed by atoms with Crippen LogP contribution in [0.4, 0.5) is 0 Å². The van der Waals surface area contributed by atoms with Gasteiger partial charge < -0.3 is 11.1 Å². The first-order chi connectivity index (χ1) is 7.50. The van der Waals surface area contributed by atoms with Gasteiger partial charge in [-0.1, -0.05) is 13.8 Å². The van der Waals surface area contributed by atoms with Crippen molar-refractivity contribution in [3.63, 3.8) is 0 Å². The highest BCUT2D eigenvalue weighted by atomic mass is 79.9. The molecule has 0 atom stereocenters. The van der Waals surface area contributed by atoms with Gasteiger partial charge in [-0.2, -0.15) is 0 Å². The van der Waals surface area contributed by atoms with Gasteiger partial charge in [-0.25, -0.2) is 0 Å². The van der Waals surface area contributed by atoms with Crippen molar-refractivity contribution >= 4 is 33.2 Å². The van der Waals surface area contributed by atoms with Gasteiger partial charge in [0.05, 0.1) is 8.66 Å². The van der Waals surface area contributed by atoms with Crippen LogP contribution in [0.5, 0.6) is 0 Å². The Morgan fingerprint density at radius 2 is 2.12 bits per heavy atom. The van der Waals surface area contributed by atoms with Crippen LogP contribution in [0, 0.1) is 0 Å². The van der Waals surface area contributed by atoms with Crippen LogP contribution in [-0.4, -0.2) is 18.0 Å². The summed E-state index contributed by atoms with van der Waals surface area (Å²) in [6.45, 7) is 4.60. The molecule has 16 heavy (non-hydrogen) atoms. The number of nitrogens with one attached hydrogen (secondary N) is 1. The molecule has 0 fully saturated rings. The Hall–Kier alpha value is -0.390. The summed E-state index contributed by atoms with van der Waals surface area (Å²) in [6, 6.07) is 3.68. The number of thiophene rings is 1. The number of nitrogens with two attached hydrogens (primary N) is 1. The Morgan fingerprint density at radius 3 is 2.56 bits per heavy atom. The van der Waals surface area contributed by atoms with E-state index in [1.54, 1.807) is 6.07 Å². The van der Waals surface area contributed by atoms with Crippen molar-refractivity contribution in [3.05, 3.63) is 20.8 Å². The maximum absolute atomic E-state index is 11.8. The molecule has 3 N–H and O–H groups in total. The molecule has 3 nitrogen and oxygen atoms in total. The van der Waals surface area contributed by atoms with Crippen molar-refractivity contribution in [2.75, 3.05) is 6.54 Å². The van der Waals surface area contributed by atoms with Crippen LogP contribution < -0.4 is 11.1 Å². The summed E-state index contributed by atoms with van der Waals surface area (Å²) < 4.78 is 0.961. The summed E-state index contributed by atoms with van der Waals surface area (Å²) >= 11 is 4.76. The minimum atomic E-state index is -0.288. The molecule has 5 heteroatoms. The molecule has 1 aromatic rings. The van der Waals surface area contributed by atoms with Gasteiger partial charge in [0.25, 0.3) is 5.91 Å². The zero-order valence-electron chi connectivity index (χ0n) is 9.55. The van der Waals surface area contributed by atoms with Crippen molar-refractivity contribution in [3.8, 4) is 0 Å². The topological polar surface area (TPSA) is 55.1 Å². The lowest BCUT2D eigenvalue weighted by Crippen LogP contribution is -2.49. The largest absolute Gasteiger partial charge is 0.349 e. The Morgan fingerprint density at radius 1 is 1.50 bits per heavy atom. The molecule has 0 aliphatic carbocycles. The van der Waals surface area contributed by atoms with Crippen LogP contribution in [0.1, 0.15) is 36.4 Å². The summed E-state index contributed by atoms with van der Waals surface area (Å²) in [4.78, 5) is 12.5. The van der Waals surface area contributed by atoms with Crippen molar-refractivity contribution in [1.82, 2.24) is 5.32 Å². The SMILES string of the molecule is CCC(N)(CC)CNC(=O)c1ccc(Br)s1. The molecule has 1 aromatic heterocycles. The molecule has 1 rings (SSSR count). The fraction of sp³-hybridized carbons (Fsp3) is 0.545. The van der Waals surface area contributed by atoms with E-state index in [0.717, 1.165) is 16.6 Å². The predicted molar refractivity (Wildman–Crippen MR) is 71.9 cm³/mol. The molecule has 0 aliphatic heterocycles. The Labute approximate surface area is 109 Å². The Kier molecular flexibility index (Phi) is 4.95. The summed E-state index contributed by atoms with van der Waals surface area (Å²) in [6.07, 6.45) is 1.72. The average molecular weight is 305 g/mol. The predicted octanol–water partition coefficient (Wildman–Crippen LogP) is 2.76. The third-order valence-electron chi connectivity index (χ3n) is 2.81. The summed E-state index contributed by atoms with van der Waals surface area (Å²) in [5, 5.41) is 2.88. The number of rotatable bonds is 5. The standard InChI is InChI=1S/C11H17BrN2OS/c1-3-11(13,4-2)7-14-10(15)8-5-6-9(12)16-8/h5-6H,3-4,7,13H2,1-2H3,(H,14,15). The lowest BCUT2D eigenvalue weighted by Gasteiger charge is -2.26. The quantitative estimate of drug-likeness (QED) is 0.879. The number of halogens is 1. The highest BCUT2D eigenvalue weighted by molar-refractivity contribution is 9.11. The van der Waals surface area contributed by atoms with Gasteiger partial charge in [-0.15, -0.1) is 11.3 Å². The number of hydrogen-bond acceptors (Lipinski definition) is 3. The monoisotopic (exact) mass is 304 g/mol. The highest BCUT2D eigenvalue weighted by Gasteiger charge is 2.21. The first kappa shape index (κ1) is 13.7. The molecule has 90 valence electrons. The minimum Gasteiger partial charge on any atom is -0.349 e. The minimum absolute atomic E-state index is 0.0487. The second-order valence-electron chi connectivity index (χ2n) is 3.86. The van der Waals surface area contributed by atoms with E-state index in [0.29, 0.717) is 11.4 Å². The highest BCUT2D eigenvalue weighted by Crippen LogP contribution is 2.22. The van der Waals surface area contributed by atoms with Crippen molar-refractivity contribution in [2.24, 2.45) is 5.73 Å². The number of hydrogen-bond donors (Lipinski definition) is 2. The van der Waals surface area contributed by atoms with E-state index < -0.39 is 0 Å². The van der Waals surface area contributed by atoms with Gasteiger partial charge in [0, 0.05) is 12.1 Å². The molecule has 0 bridgehead atoms. The van der Waals surface area contributed by atoms with Crippen LogP contribution >= 0.6 is 27.3 Å². The van der Waals surface area contributed by atoms with Crippen LogP contribution in [-0.2, 0) is 0 Å². The van der Waals surface area contributed by atoms with Crippen molar-refractivity contribution in [2.45, 2.75) is 32.2 Å². The maximum atomic E-state index is 11.8. The van der Waals surface area contributed by atoms with Crippen LogP contribution in [0.2, 0.25) is 0 Å². The van der Waals surface area contributed by atoms with Crippen molar-refractivity contribution in [1.29, 1.82) is 0 Å². The molecule has 0 spiro atoms. The summed E-state index contributed by atoms with van der Waals surface area (Å²) in [5.74, 6) is -0.0487. The third-order valence-corrected chi connectivity index (χ3v) is 4.43. The fourth-order valence-corrected chi connectivity index (χ4v) is 2.58. The molecule has 0 saturated carbocycles. The molecular weight excluding hydrogens is 288 g/mol. The molecule has 0 aromatic carbocycles. The molecule has 0 radical (unpaired) electrons. The fourth-order valence-electron chi connectivity index (χ4n) is 1.28. The van der Waals surface area contributed by atoms with E-state index in [1.807, 2.05) is 19.9 Å². The zero-order valence-corrected chi connectivity index (χ0v) is 12.0. The smallest absolute Gasteiger partial charge is 0.261 e. The van der Waals surface area contributed by atoms with Gasteiger partial charge in [-0.05, 0) is 40.9 Å². The van der Waals surface area contributed by atoms with Gasteiger partial charge in [0.2, 0.25) is 0 Å². The maximum Gasteiger partial charge on any atom is 0.261 e. The van der Waals surface area contributed by atoms with Gasteiger partial charge in [0.15, 0.2) is 0 Å². The zero-order chi connectivity index (χ0) is 12.2. The number of carbonyl (C=O) groups is 1. The Bertz CT molecular complexity index is 361. The summed E-state index contributed by atoms with van der Waals surface area (Å²) in [7, 11) is 0. The Balaban J connectivity index is 2.53. The first-order valence-electron chi connectivity index (χ1n) is 5.33. The van der Waals surface area contributed by atoms with E-state index in [-0.39, 0.29) is 11.4 Å². The van der Waals surface area contributed by atoms with Gasteiger partial charge in [-0.3, -0.25) is 4.79 Å². The van der Waals surface area contributed by atoms with E-state index >= 15 is 0 Å². The lowest BCUT2D eigenvalue weighted by molar-refractivity contribution is 0.0946. The van der Waals surface area contributed by atoms with E-state index in [9.17, 15) is 4.79 Å². The van der Waals surface area contributed by atoms with Crippen LogP contribution in [0.15, 0.2) is 15.9 Å². The van der Waals surface area contributed by atoms with Crippen LogP contribution in [0.25, 0.3) is 0 Å². The molecule has 1 heterocycles. The number of carbonyl (C=O) groups excluding carboxylic acids is 1. The van der Waals surface area contributed by atoms with Gasteiger partial charge >= 0.3 is 0 Å². The summed E-state index contributed by atoms with van der Waals surface area (Å²) in [5.41, 5.74) is 5.82. The average Bonchev–Trinajstić information content (AvgIpc) is 2.72. The molecule has 0 aliphatic rings.